The van der Waals surface area contributed by atoms with Gasteiger partial charge in [0.05, 0.1) is 41.9 Å². The maximum atomic E-state index is 13.4. The topological polar surface area (TPSA) is 115 Å². The molecule has 14 heteroatoms. The molecule has 3 N–H and O–H groups in total. The third-order valence-corrected chi connectivity index (χ3v) is 6.52. The van der Waals surface area contributed by atoms with Gasteiger partial charge in [0.25, 0.3) is 5.91 Å². The Morgan fingerprint density at radius 1 is 0.975 bits per heavy atom. The van der Waals surface area contributed by atoms with Gasteiger partial charge in [-0.3, -0.25) is 10.1 Å². The largest absolute Gasteiger partial charge is 0.466 e. The van der Waals surface area contributed by atoms with Crippen LogP contribution in [0.4, 0.5) is 14.5 Å². The van der Waals surface area contributed by atoms with Gasteiger partial charge in [0.15, 0.2) is 5.11 Å². The minimum absolute atomic E-state index is 0.00109. The van der Waals surface area contributed by atoms with Crippen LogP contribution in [0.2, 0.25) is 10.0 Å². The van der Waals surface area contributed by atoms with E-state index in [1.807, 2.05) is 0 Å². The Balaban J connectivity index is 2.06. The molecule has 0 unspecified atom stereocenters. The van der Waals surface area contributed by atoms with Crippen LogP contribution in [-0.2, 0) is 19.1 Å². The normalized spacial score (nSPS) is 13.5. The molecule has 3 rings (SSSR count). The number of rotatable bonds is 7. The smallest absolute Gasteiger partial charge is 0.387 e. The molecule has 40 heavy (non-hydrogen) atoms. The van der Waals surface area contributed by atoms with E-state index in [4.69, 9.17) is 49.6 Å². The zero-order valence-electron chi connectivity index (χ0n) is 21.5. The molecule has 9 nitrogen and oxygen atoms in total. The van der Waals surface area contributed by atoms with Crippen molar-refractivity contribution in [2.24, 2.45) is 0 Å². The van der Waals surface area contributed by atoms with Crippen LogP contribution in [-0.4, -0.2) is 43.8 Å². The Hall–Kier alpha value is -3.74. The highest BCUT2D eigenvalue weighted by Crippen LogP contribution is 2.44. The van der Waals surface area contributed by atoms with Gasteiger partial charge in [-0.15, -0.1) is 0 Å². The van der Waals surface area contributed by atoms with Gasteiger partial charge in [0.2, 0.25) is 0 Å². The number of nitrogens with one attached hydrogen (secondary N) is 3. The number of methoxy groups -OCH3 is 2. The predicted octanol–water partition coefficient (Wildman–Crippen LogP) is 5.30. The summed E-state index contributed by atoms with van der Waals surface area (Å²) in [5, 5.41) is 8.45. The molecule has 1 aliphatic rings. The first-order valence-corrected chi connectivity index (χ1v) is 12.6. The molecular weight excluding hydrogens is 591 g/mol. The third-order valence-electron chi connectivity index (χ3n) is 5.77. The van der Waals surface area contributed by atoms with E-state index in [1.54, 1.807) is 13.8 Å². The van der Waals surface area contributed by atoms with Crippen LogP contribution in [0.3, 0.4) is 0 Å². The Morgan fingerprint density at radius 2 is 1.57 bits per heavy atom. The van der Waals surface area contributed by atoms with E-state index in [9.17, 15) is 23.2 Å². The lowest BCUT2D eigenvalue weighted by molar-refractivity contribution is -0.137. The van der Waals surface area contributed by atoms with E-state index in [-0.39, 0.29) is 43.8 Å². The molecule has 1 amide bonds. The quantitative estimate of drug-likeness (QED) is 0.282. The highest BCUT2D eigenvalue weighted by atomic mass is 35.5. The maximum Gasteiger partial charge on any atom is 0.387 e. The molecule has 0 atom stereocenters. The summed E-state index contributed by atoms with van der Waals surface area (Å²) >= 11 is 17.2. The fourth-order valence-electron chi connectivity index (χ4n) is 4.13. The summed E-state index contributed by atoms with van der Waals surface area (Å²) in [6.07, 6.45) is 0. The van der Waals surface area contributed by atoms with Gasteiger partial charge in [-0.25, -0.2) is 9.59 Å². The van der Waals surface area contributed by atoms with Gasteiger partial charge in [0.1, 0.15) is 5.75 Å². The number of ether oxygens (including phenoxy) is 3. The number of hydrogen-bond acceptors (Lipinski definition) is 8. The maximum absolute atomic E-state index is 13.4. The van der Waals surface area contributed by atoms with Crippen molar-refractivity contribution in [2.45, 2.75) is 26.4 Å². The van der Waals surface area contributed by atoms with Gasteiger partial charge in [-0.05, 0) is 62.5 Å². The average molecular weight is 614 g/mol. The van der Waals surface area contributed by atoms with Crippen molar-refractivity contribution in [1.29, 1.82) is 0 Å². The van der Waals surface area contributed by atoms with Crippen molar-refractivity contribution >= 4 is 64.1 Å². The number of anilines is 1. The summed E-state index contributed by atoms with van der Waals surface area (Å²) in [4.78, 5) is 38.3. The Bertz CT molecular complexity index is 1410. The molecular formula is C26H23Cl2F2N3O6S. The van der Waals surface area contributed by atoms with Crippen molar-refractivity contribution in [3.63, 3.8) is 0 Å². The van der Waals surface area contributed by atoms with E-state index in [0.29, 0.717) is 16.4 Å². The Labute approximate surface area is 243 Å². The first-order chi connectivity index (χ1) is 18.9. The molecule has 0 saturated carbocycles. The zero-order valence-corrected chi connectivity index (χ0v) is 23.8. The van der Waals surface area contributed by atoms with Crippen molar-refractivity contribution in [2.75, 3.05) is 19.5 Å². The number of halogens is 4. The summed E-state index contributed by atoms with van der Waals surface area (Å²) < 4.78 is 41.4. The van der Waals surface area contributed by atoms with Crippen LogP contribution in [0.15, 0.2) is 58.9 Å². The van der Waals surface area contributed by atoms with Gasteiger partial charge >= 0.3 is 18.6 Å². The minimum atomic E-state index is -3.22. The van der Waals surface area contributed by atoms with Gasteiger partial charge in [0, 0.05) is 27.7 Å². The van der Waals surface area contributed by atoms with E-state index >= 15 is 0 Å². The SMILES string of the molecule is COC(=O)C1=C(C)NC(C)=C(C(=O)OC)C1c1cc(NC(=S)NC(=O)c2ccc(Cl)cc2Cl)ccc1OC(F)F. The first-order valence-electron chi connectivity index (χ1n) is 11.4. The molecule has 0 bridgehead atoms. The second kappa shape index (κ2) is 13.1. The molecule has 2 aromatic rings. The van der Waals surface area contributed by atoms with Crippen molar-refractivity contribution in [1.82, 2.24) is 10.6 Å². The van der Waals surface area contributed by atoms with Gasteiger partial charge in [-0.2, -0.15) is 8.78 Å². The molecule has 0 radical (unpaired) electrons. The fourth-order valence-corrected chi connectivity index (χ4v) is 4.83. The number of esters is 2. The number of allylic oxidation sites excluding steroid dienone is 2. The lowest BCUT2D eigenvalue weighted by Gasteiger charge is -2.31. The standard InChI is InChI=1S/C26H23Cl2F2N3O6S/c1-11-19(23(35)37-3)21(20(12(2)31-11)24(36)38-4)16-10-14(6-8-18(16)39-25(29)30)32-26(40)33-22(34)15-7-5-13(27)9-17(15)28/h5-10,21,25,31H,1-4H3,(H2,32,33,34,40). The number of thiocarbonyl (C=S) groups is 1. The molecule has 0 saturated heterocycles. The number of carbonyl (C=O) groups is 3. The van der Waals surface area contributed by atoms with Crippen molar-refractivity contribution in [3.05, 3.63) is 80.1 Å². The molecule has 1 aliphatic heterocycles. The van der Waals surface area contributed by atoms with E-state index < -0.39 is 30.4 Å². The zero-order chi connectivity index (χ0) is 29.7. The Kier molecular flexibility index (Phi) is 10.1. The second-order valence-electron chi connectivity index (χ2n) is 8.28. The van der Waals surface area contributed by atoms with Crippen LogP contribution in [0.25, 0.3) is 0 Å². The van der Waals surface area contributed by atoms with E-state index in [0.717, 1.165) is 14.2 Å². The van der Waals surface area contributed by atoms with E-state index in [2.05, 4.69) is 16.0 Å². The van der Waals surface area contributed by atoms with Crippen LogP contribution in [0.1, 0.15) is 35.7 Å². The number of alkyl halides is 2. The molecule has 2 aromatic carbocycles. The van der Waals surface area contributed by atoms with Crippen LogP contribution >= 0.6 is 35.4 Å². The molecule has 0 aromatic heterocycles. The second-order valence-corrected chi connectivity index (χ2v) is 9.53. The summed E-state index contributed by atoms with van der Waals surface area (Å²) in [7, 11) is 2.29. The summed E-state index contributed by atoms with van der Waals surface area (Å²) in [5.74, 6) is -3.80. The van der Waals surface area contributed by atoms with Crippen molar-refractivity contribution < 1.29 is 37.4 Å². The van der Waals surface area contributed by atoms with Gasteiger partial charge in [-0.1, -0.05) is 23.2 Å². The molecule has 1 heterocycles. The number of hydrogen-bond donors (Lipinski definition) is 3. The van der Waals surface area contributed by atoms with E-state index in [1.165, 1.54) is 36.4 Å². The van der Waals surface area contributed by atoms with Crippen LogP contribution < -0.4 is 20.7 Å². The van der Waals surface area contributed by atoms with Gasteiger partial charge < -0.3 is 24.8 Å². The Morgan fingerprint density at radius 3 is 2.10 bits per heavy atom. The summed E-state index contributed by atoms with van der Waals surface area (Å²) in [6.45, 7) is -0.0832. The highest BCUT2D eigenvalue weighted by Gasteiger charge is 2.39. The predicted molar refractivity (Wildman–Crippen MR) is 149 cm³/mol. The third kappa shape index (κ3) is 6.87. The fraction of sp³-hybridized carbons (Fsp3) is 0.231. The number of amides is 1. The van der Waals surface area contributed by atoms with Crippen molar-refractivity contribution in [3.8, 4) is 5.75 Å². The first kappa shape index (κ1) is 30.8. The van der Waals surface area contributed by atoms with Crippen LogP contribution in [0.5, 0.6) is 5.75 Å². The monoisotopic (exact) mass is 613 g/mol. The summed E-state index contributed by atoms with van der Waals surface area (Å²) in [6, 6.07) is 8.22. The molecule has 0 spiro atoms. The molecule has 0 fully saturated rings. The minimum Gasteiger partial charge on any atom is -0.466 e. The lowest BCUT2D eigenvalue weighted by atomic mass is 9.79. The average Bonchev–Trinajstić information content (AvgIpc) is 2.87. The summed E-state index contributed by atoms with van der Waals surface area (Å²) in [5.41, 5.74) is 0.915. The molecule has 212 valence electrons. The number of benzene rings is 2. The van der Waals surface area contributed by atoms with Crippen LogP contribution in [0, 0.1) is 0 Å². The highest BCUT2D eigenvalue weighted by molar-refractivity contribution is 7.80. The number of carbonyl (C=O) groups excluding carboxylic acids is 3. The molecule has 0 aliphatic carbocycles. The lowest BCUT2D eigenvalue weighted by Crippen LogP contribution is -2.34. The number of dihydropyridines is 1.